The molecule has 1 aromatic carbocycles. The fraction of sp³-hybridized carbons (Fsp3) is 0.708. The average Bonchev–Trinajstić information content (AvgIpc) is 2.81. The topological polar surface area (TPSA) is 55.3 Å². The third-order valence-corrected chi connectivity index (χ3v) is 5.87. The fourth-order valence-electron chi connectivity index (χ4n) is 4.06. The molecule has 6 nitrogen and oxygen atoms in total. The van der Waals surface area contributed by atoms with Crippen molar-refractivity contribution in [2.45, 2.75) is 57.2 Å². The maximum atomic E-state index is 6.12. The Hall–Kier alpha value is -1.63. The zero-order valence-electron chi connectivity index (χ0n) is 18.6. The smallest absolute Gasteiger partial charge is 0.193 e. The van der Waals surface area contributed by atoms with E-state index in [2.05, 4.69) is 39.5 Å². The number of nitrogens with one attached hydrogen (secondary N) is 1. The van der Waals surface area contributed by atoms with E-state index in [1.165, 1.54) is 18.4 Å². The van der Waals surface area contributed by atoms with E-state index in [9.17, 15) is 0 Å². The van der Waals surface area contributed by atoms with Gasteiger partial charge >= 0.3 is 0 Å². The van der Waals surface area contributed by atoms with Crippen molar-refractivity contribution in [3.8, 4) is 0 Å². The number of hydrogen-bond acceptors (Lipinski definition) is 4. The predicted molar refractivity (Wildman–Crippen MR) is 121 cm³/mol. The number of rotatable bonds is 10. The van der Waals surface area contributed by atoms with E-state index >= 15 is 0 Å². The Morgan fingerprint density at radius 1 is 1.13 bits per heavy atom. The third kappa shape index (κ3) is 8.25. The Morgan fingerprint density at radius 3 is 2.70 bits per heavy atom. The minimum Gasteiger partial charge on any atom is -0.381 e. The monoisotopic (exact) mass is 417 g/mol. The van der Waals surface area contributed by atoms with Crippen LogP contribution in [-0.2, 0) is 20.6 Å². The maximum Gasteiger partial charge on any atom is 0.193 e. The molecular weight excluding hydrogens is 378 g/mol. The van der Waals surface area contributed by atoms with Crippen LogP contribution in [0, 0.1) is 0 Å². The first-order valence-electron chi connectivity index (χ1n) is 11.7. The Balaban J connectivity index is 1.22. The molecule has 2 aliphatic heterocycles. The number of likely N-dealkylation sites (tertiary alicyclic amines) is 1. The molecule has 6 heteroatoms. The highest BCUT2D eigenvalue weighted by Gasteiger charge is 2.23. The summed E-state index contributed by atoms with van der Waals surface area (Å²) in [6.45, 7) is 6.06. The summed E-state index contributed by atoms with van der Waals surface area (Å²) in [5.74, 6) is 0.994. The molecule has 0 aromatic heterocycles. The van der Waals surface area contributed by atoms with Crippen LogP contribution < -0.4 is 5.32 Å². The van der Waals surface area contributed by atoms with Gasteiger partial charge in [-0.15, -0.1) is 0 Å². The largest absolute Gasteiger partial charge is 0.381 e. The van der Waals surface area contributed by atoms with Crippen molar-refractivity contribution in [2.24, 2.45) is 4.99 Å². The number of piperidine rings is 1. The van der Waals surface area contributed by atoms with Crippen molar-refractivity contribution >= 4 is 5.96 Å². The Labute approximate surface area is 182 Å². The molecule has 0 bridgehead atoms. The van der Waals surface area contributed by atoms with Crippen LogP contribution in [0.15, 0.2) is 35.3 Å². The molecule has 0 aliphatic carbocycles. The molecule has 1 atom stereocenters. The van der Waals surface area contributed by atoms with Crippen molar-refractivity contribution in [3.05, 3.63) is 35.9 Å². The van der Waals surface area contributed by atoms with E-state index in [0.29, 0.717) is 12.2 Å². The highest BCUT2D eigenvalue weighted by atomic mass is 16.5. The molecule has 0 radical (unpaired) electrons. The lowest BCUT2D eigenvalue weighted by Crippen LogP contribution is -2.47. The molecule has 2 fully saturated rings. The van der Waals surface area contributed by atoms with E-state index in [1.807, 2.05) is 13.1 Å². The van der Waals surface area contributed by atoms with Gasteiger partial charge in [0.2, 0.25) is 0 Å². The van der Waals surface area contributed by atoms with Crippen LogP contribution in [-0.4, -0.2) is 76.2 Å². The van der Waals surface area contributed by atoms with E-state index in [1.54, 1.807) is 0 Å². The normalized spacial score (nSPS) is 21.0. The van der Waals surface area contributed by atoms with E-state index in [-0.39, 0.29) is 0 Å². The molecule has 2 saturated heterocycles. The highest BCUT2D eigenvalue weighted by molar-refractivity contribution is 5.79. The molecule has 2 heterocycles. The molecule has 0 amide bonds. The van der Waals surface area contributed by atoms with Gasteiger partial charge in [0.25, 0.3) is 0 Å². The molecule has 1 N–H and O–H groups in total. The lowest BCUT2D eigenvalue weighted by molar-refractivity contribution is -0.0721. The van der Waals surface area contributed by atoms with Gasteiger partial charge in [-0.1, -0.05) is 30.3 Å². The zero-order valence-corrected chi connectivity index (χ0v) is 18.6. The van der Waals surface area contributed by atoms with E-state index < -0.39 is 0 Å². The van der Waals surface area contributed by atoms with Crippen LogP contribution in [0.1, 0.15) is 44.1 Å². The maximum absolute atomic E-state index is 6.12. The van der Waals surface area contributed by atoms with Crippen LogP contribution in [0.25, 0.3) is 0 Å². The molecule has 168 valence electrons. The number of nitrogens with zero attached hydrogens (tertiary/aromatic N) is 2. The predicted octanol–water partition coefficient (Wildman–Crippen LogP) is 3.26. The van der Waals surface area contributed by atoms with Crippen molar-refractivity contribution in [2.75, 3.05) is 53.1 Å². The minimum atomic E-state index is 0.307. The van der Waals surface area contributed by atoms with Crippen molar-refractivity contribution in [3.63, 3.8) is 0 Å². The molecule has 0 saturated carbocycles. The van der Waals surface area contributed by atoms with Gasteiger partial charge in [0, 0.05) is 39.9 Å². The van der Waals surface area contributed by atoms with Gasteiger partial charge in [-0.3, -0.25) is 4.99 Å². The van der Waals surface area contributed by atoms with Crippen LogP contribution in [0.5, 0.6) is 0 Å². The molecular formula is C24H39N3O3. The number of ether oxygens (including phenoxy) is 3. The summed E-state index contributed by atoms with van der Waals surface area (Å²) in [5.41, 5.74) is 1.33. The number of aliphatic imine (C=N–C) groups is 1. The summed E-state index contributed by atoms with van der Waals surface area (Å²) in [6, 6.07) is 10.5. The SMILES string of the molecule is CN=C(NCCCOCCc1ccccc1)N1CCC(OCC2CCCCO2)CC1. The Bertz CT molecular complexity index is 597. The van der Waals surface area contributed by atoms with Crippen LogP contribution in [0.4, 0.5) is 0 Å². The molecule has 0 spiro atoms. The quantitative estimate of drug-likeness (QED) is 0.360. The highest BCUT2D eigenvalue weighted by Crippen LogP contribution is 2.18. The van der Waals surface area contributed by atoms with Gasteiger partial charge < -0.3 is 24.4 Å². The van der Waals surface area contributed by atoms with Gasteiger partial charge in [0.05, 0.1) is 25.4 Å². The Morgan fingerprint density at radius 2 is 1.97 bits per heavy atom. The summed E-state index contributed by atoms with van der Waals surface area (Å²) < 4.78 is 17.7. The third-order valence-electron chi connectivity index (χ3n) is 5.87. The second kappa shape index (κ2) is 13.6. The van der Waals surface area contributed by atoms with Gasteiger partial charge in [-0.25, -0.2) is 0 Å². The van der Waals surface area contributed by atoms with E-state index in [0.717, 1.165) is 84.1 Å². The van der Waals surface area contributed by atoms with Crippen molar-refractivity contribution in [1.82, 2.24) is 10.2 Å². The Kier molecular flexibility index (Phi) is 10.5. The van der Waals surface area contributed by atoms with Crippen molar-refractivity contribution in [1.29, 1.82) is 0 Å². The first-order chi connectivity index (χ1) is 14.8. The van der Waals surface area contributed by atoms with Crippen LogP contribution >= 0.6 is 0 Å². The van der Waals surface area contributed by atoms with E-state index in [4.69, 9.17) is 14.2 Å². The summed E-state index contributed by atoms with van der Waals surface area (Å²) in [4.78, 5) is 6.80. The first-order valence-corrected chi connectivity index (χ1v) is 11.7. The fourth-order valence-corrected chi connectivity index (χ4v) is 4.06. The molecule has 1 unspecified atom stereocenters. The van der Waals surface area contributed by atoms with Gasteiger partial charge in [-0.2, -0.15) is 0 Å². The summed E-state index contributed by atoms with van der Waals surface area (Å²) in [5, 5.41) is 3.48. The lowest BCUT2D eigenvalue weighted by Gasteiger charge is -2.35. The molecule has 3 rings (SSSR count). The minimum absolute atomic E-state index is 0.307. The van der Waals surface area contributed by atoms with Crippen LogP contribution in [0.3, 0.4) is 0 Å². The summed E-state index contributed by atoms with van der Waals surface area (Å²) in [7, 11) is 1.86. The molecule has 1 aromatic rings. The number of hydrogen-bond donors (Lipinski definition) is 1. The molecule has 2 aliphatic rings. The number of benzene rings is 1. The standard InChI is InChI=1S/C24H39N3O3/c1-25-24(26-14-7-17-28-19-13-21-8-3-2-4-9-21)27-15-11-22(12-16-27)30-20-23-10-5-6-18-29-23/h2-4,8-9,22-23H,5-7,10-20H2,1H3,(H,25,26). The van der Waals surface area contributed by atoms with Crippen LogP contribution in [0.2, 0.25) is 0 Å². The lowest BCUT2D eigenvalue weighted by atomic mass is 10.1. The van der Waals surface area contributed by atoms with Gasteiger partial charge in [-0.05, 0) is 50.5 Å². The first kappa shape index (κ1) is 23.0. The van der Waals surface area contributed by atoms with Gasteiger partial charge in [0.1, 0.15) is 0 Å². The zero-order chi connectivity index (χ0) is 20.9. The van der Waals surface area contributed by atoms with Crippen molar-refractivity contribution < 1.29 is 14.2 Å². The van der Waals surface area contributed by atoms with Gasteiger partial charge in [0.15, 0.2) is 5.96 Å². The number of guanidine groups is 1. The molecule has 30 heavy (non-hydrogen) atoms. The average molecular weight is 418 g/mol. The second-order valence-electron chi connectivity index (χ2n) is 8.18. The summed E-state index contributed by atoms with van der Waals surface area (Å²) in [6.07, 6.45) is 8.32. The summed E-state index contributed by atoms with van der Waals surface area (Å²) >= 11 is 0. The second-order valence-corrected chi connectivity index (χ2v) is 8.18.